The summed E-state index contributed by atoms with van der Waals surface area (Å²) >= 11 is 3.57. The molecule has 0 bridgehead atoms. The zero-order chi connectivity index (χ0) is 14.6. The number of piperidine rings is 1. The van der Waals surface area contributed by atoms with Crippen molar-refractivity contribution < 1.29 is 8.42 Å². The molecule has 6 heteroatoms. The van der Waals surface area contributed by atoms with Crippen LogP contribution in [0.3, 0.4) is 0 Å². The average molecular weight is 367 g/mol. The van der Waals surface area contributed by atoms with Gasteiger partial charge in [0.1, 0.15) is 0 Å². The van der Waals surface area contributed by atoms with Gasteiger partial charge in [0.15, 0.2) is 0 Å². The van der Waals surface area contributed by atoms with E-state index in [2.05, 4.69) is 20.7 Å². The molecule has 118 valence electrons. The third-order valence-electron chi connectivity index (χ3n) is 4.84. The minimum absolute atomic E-state index is 0.138. The average Bonchev–Trinajstić information content (AvgIpc) is 2.46. The molecule has 0 radical (unpaired) electrons. The molecule has 2 rings (SSSR count). The van der Waals surface area contributed by atoms with Gasteiger partial charge in [-0.15, -0.1) is 0 Å². The van der Waals surface area contributed by atoms with Crippen molar-refractivity contribution >= 4 is 26.1 Å². The maximum Gasteiger partial charge on any atom is 0.279 e. The Morgan fingerprint density at radius 2 is 1.75 bits per heavy atom. The molecule has 2 fully saturated rings. The Labute approximate surface area is 132 Å². The van der Waals surface area contributed by atoms with Crippen LogP contribution in [0.1, 0.15) is 51.9 Å². The minimum Gasteiger partial charge on any atom is -0.202 e. The molecule has 1 aliphatic heterocycles. The van der Waals surface area contributed by atoms with Crippen molar-refractivity contribution in [2.24, 2.45) is 11.8 Å². The van der Waals surface area contributed by atoms with Gasteiger partial charge in [0, 0.05) is 24.5 Å². The Morgan fingerprint density at radius 3 is 2.40 bits per heavy atom. The van der Waals surface area contributed by atoms with Gasteiger partial charge in [-0.1, -0.05) is 35.2 Å². The highest BCUT2D eigenvalue weighted by molar-refractivity contribution is 9.09. The summed E-state index contributed by atoms with van der Waals surface area (Å²) in [5.74, 6) is 1.10. The number of hydrogen-bond acceptors (Lipinski definition) is 2. The van der Waals surface area contributed by atoms with E-state index >= 15 is 0 Å². The molecule has 0 aromatic carbocycles. The Kier molecular flexibility index (Phi) is 6.32. The quantitative estimate of drug-likeness (QED) is 0.760. The van der Waals surface area contributed by atoms with Crippen molar-refractivity contribution in [2.45, 2.75) is 57.9 Å². The number of hydrogen-bond donors (Lipinski definition) is 1. The number of rotatable bonds is 5. The van der Waals surface area contributed by atoms with Gasteiger partial charge in [-0.25, -0.2) is 4.72 Å². The molecular weight excluding hydrogens is 340 g/mol. The molecule has 1 heterocycles. The summed E-state index contributed by atoms with van der Waals surface area (Å²) in [5, 5.41) is 0.986. The van der Waals surface area contributed by atoms with Gasteiger partial charge in [-0.2, -0.15) is 12.7 Å². The zero-order valence-corrected chi connectivity index (χ0v) is 14.8. The van der Waals surface area contributed by atoms with Gasteiger partial charge < -0.3 is 0 Å². The molecule has 0 spiro atoms. The highest BCUT2D eigenvalue weighted by atomic mass is 79.9. The fraction of sp³-hybridized carbons (Fsp3) is 1.00. The lowest BCUT2D eigenvalue weighted by Crippen LogP contribution is -2.49. The minimum atomic E-state index is -3.30. The van der Waals surface area contributed by atoms with Crippen molar-refractivity contribution in [3.63, 3.8) is 0 Å². The second-order valence-corrected chi connectivity index (χ2v) is 8.62. The van der Waals surface area contributed by atoms with Crippen LogP contribution < -0.4 is 4.72 Å². The topological polar surface area (TPSA) is 49.4 Å². The summed E-state index contributed by atoms with van der Waals surface area (Å²) in [5.41, 5.74) is 0. The van der Waals surface area contributed by atoms with Crippen molar-refractivity contribution in [3.8, 4) is 0 Å². The van der Waals surface area contributed by atoms with Crippen LogP contribution in [0.2, 0.25) is 0 Å². The molecule has 1 saturated heterocycles. The van der Waals surface area contributed by atoms with Gasteiger partial charge in [0.2, 0.25) is 0 Å². The Bertz CT molecular complexity index is 402. The van der Waals surface area contributed by atoms with E-state index in [1.54, 1.807) is 4.31 Å². The normalized spacial score (nSPS) is 33.2. The number of nitrogens with one attached hydrogen (secondary N) is 1. The molecule has 20 heavy (non-hydrogen) atoms. The van der Waals surface area contributed by atoms with Crippen molar-refractivity contribution in [1.82, 2.24) is 9.03 Å². The van der Waals surface area contributed by atoms with E-state index in [0.717, 1.165) is 31.0 Å². The lowest BCUT2D eigenvalue weighted by atomic mass is 9.80. The second-order valence-electron chi connectivity index (χ2n) is 6.27. The third kappa shape index (κ3) is 4.18. The number of nitrogens with zero attached hydrogens (tertiary/aromatic N) is 1. The molecule has 4 nitrogen and oxygen atoms in total. The monoisotopic (exact) mass is 366 g/mol. The van der Waals surface area contributed by atoms with Crippen LogP contribution in [0.5, 0.6) is 0 Å². The Balaban J connectivity index is 1.91. The summed E-state index contributed by atoms with van der Waals surface area (Å²) in [6, 6.07) is 0.138. The van der Waals surface area contributed by atoms with E-state index in [4.69, 9.17) is 0 Å². The molecule has 1 aliphatic carbocycles. The van der Waals surface area contributed by atoms with Crippen molar-refractivity contribution in [1.29, 1.82) is 0 Å². The first-order chi connectivity index (χ1) is 9.54. The first-order valence-electron chi connectivity index (χ1n) is 7.87. The summed E-state index contributed by atoms with van der Waals surface area (Å²) < 4.78 is 29.4. The molecule has 0 amide bonds. The largest absolute Gasteiger partial charge is 0.279 e. The van der Waals surface area contributed by atoms with Crippen molar-refractivity contribution in [2.75, 3.05) is 18.4 Å². The summed E-state index contributed by atoms with van der Waals surface area (Å²) in [6.45, 7) is 3.28. The van der Waals surface area contributed by atoms with Gasteiger partial charge in [-0.05, 0) is 44.4 Å². The van der Waals surface area contributed by atoms with Crippen LogP contribution in [-0.2, 0) is 10.2 Å². The van der Waals surface area contributed by atoms with Crippen LogP contribution in [0.15, 0.2) is 0 Å². The highest BCUT2D eigenvalue weighted by Gasteiger charge is 2.31. The van der Waals surface area contributed by atoms with Gasteiger partial charge in [-0.3, -0.25) is 0 Å². The van der Waals surface area contributed by atoms with Crippen LogP contribution in [0.4, 0.5) is 0 Å². The van der Waals surface area contributed by atoms with E-state index in [-0.39, 0.29) is 6.04 Å². The second kappa shape index (κ2) is 7.56. The first kappa shape index (κ1) is 16.7. The molecular formula is C14H27BrN2O2S. The van der Waals surface area contributed by atoms with Crippen LogP contribution in [0.25, 0.3) is 0 Å². The number of alkyl halides is 1. The van der Waals surface area contributed by atoms with Gasteiger partial charge >= 0.3 is 0 Å². The molecule has 0 aromatic heterocycles. The van der Waals surface area contributed by atoms with Crippen LogP contribution in [-0.4, -0.2) is 37.2 Å². The number of halogens is 1. The maximum absolute atomic E-state index is 12.4. The Morgan fingerprint density at radius 1 is 1.10 bits per heavy atom. The van der Waals surface area contributed by atoms with Crippen LogP contribution >= 0.6 is 15.9 Å². The van der Waals surface area contributed by atoms with Crippen LogP contribution in [0, 0.1) is 11.8 Å². The lowest BCUT2D eigenvalue weighted by molar-refractivity contribution is 0.248. The zero-order valence-electron chi connectivity index (χ0n) is 12.4. The highest BCUT2D eigenvalue weighted by Crippen LogP contribution is 2.31. The van der Waals surface area contributed by atoms with Gasteiger partial charge in [0.05, 0.1) is 0 Å². The summed E-state index contributed by atoms with van der Waals surface area (Å²) in [6.07, 6.45) is 7.99. The maximum atomic E-state index is 12.4. The standard InChI is InChI=1S/C14H27BrN2O2S/c1-12-6-4-5-9-17(12)20(18,19)16-11-14-8-3-2-7-13(14)10-15/h12-14,16H,2-11H2,1H3. The van der Waals surface area contributed by atoms with E-state index < -0.39 is 10.2 Å². The predicted molar refractivity (Wildman–Crippen MR) is 86.2 cm³/mol. The SMILES string of the molecule is CC1CCCCN1S(=O)(=O)NCC1CCCCC1CBr. The molecule has 3 atom stereocenters. The fourth-order valence-electron chi connectivity index (χ4n) is 3.48. The Hall–Kier alpha value is 0.350. The first-order valence-corrected chi connectivity index (χ1v) is 10.4. The molecule has 0 aromatic rings. The molecule has 3 unspecified atom stereocenters. The van der Waals surface area contributed by atoms with E-state index in [1.165, 1.54) is 19.3 Å². The van der Waals surface area contributed by atoms with Gasteiger partial charge in [0.25, 0.3) is 10.2 Å². The molecule has 2 aliphatic rings. The van der Waals surface area contributed by atoms with Crippen molar-refractivity contribution in [3.05, 3.63) is 0 Å². The lowest BCUT2D eigenvalue weighted by Gasteiger charge is -2.34. The molecule has 1 saturated carbocycles. The van der Waals surface area contributed by atoms with E-state index in [1.807, 2.05) is 6.92 Å². The smallest absolute Gasteiger partial charge is 0.202 e. The molecule has 1 N–H and O–H groups in total. The fourth-order valence-corrected chi connectivity index (χ4v) is 5.87. The summed E-state index contributed by atoms with van der Waals surface area (Å²) in [7, 11) is -3.30. The summed E-state index contributed by atoms with van der Waals surface area (Å²) in [4.78, 5) is 0. The van der Waals surface area contributed by atoms with E-state index in [9.17, 15) is 8.42 Å². The van der Waals surface area contributed by atoms with E-state index in [0.29, 0.717) is 24.9 Å². The predicted octanol–water partition coefficient (Wildman–Crippen LogP) is 2.90. The third-order valence-corrected chi connectivity index (χ3v) is 7.37.